The summed E-state index contributed by atoms with van der Waals surface area (Å²) in [6.45, 7) is 5.04. The molecule has 4 nitrogen and oxygen atoms in total. The quantitative estimate of drug-likeness (QED) is 0.446. The topological polar surface area (TPSA) is 38.3 Å². The van der Waals surface area contributed by atoms with Crippen molar-refractivity contribution in [2.75, 3.05) is 20.2 Å². The van der Waals surface area contributed by atoms with Crippen molar-refractivity contribution >= 4 is 23.3 Å². The molecule has 1 aliphatic heterocycles. The number of carbonyl (C=O) groups excluding carboxylic acids is 1. The minimum atomic E-state index is -0.291. The van der Waals surface area contributed by atoms with Gasteiger partial charge in [-0.05, 0) is 13.3 Å². The molecule has 0 saturated heterocycles. The van der Waals surface area contributed by atoms with Crippen LogP contribution < -0.4 is 5.32 Å². The number of thiocarbonyl (C=S) groups is 1. The largest absolute Gasteiger partial charge is 0.458 e. The van der Waals surface area contributed by atoms with Crippen LogP contribution in [0.2, 0.25) is 0 Å². The fraction of sp³-hybridized carbons (Fsp3) is 0.600. The van der Waals surface area contributed by atoms with E-state index in [1.165, 1.54) is 0 Å². The predicted octanol–water partition coefficient (Wildman–Crippen LogP) is 1.14. The first-order valence-corrected chi connectivity index (χ1v) is 5.51. The van der Waals surface area contributed by atoms with Crippen molar-refractivity contribution in [3.05, 3.63) is 11.9 Å². The Morgan fingerprint density at radius 2 is 2.27 bits per heavy atom. The van der Waals surface area contributed by atoms with E-state index in [4.69, 9.17) is 17.0 Å². The highest BCUT2D eigenvalue weighted by Gasteiger charge is 2.42. The molecular formula is C10H17N2O2S+. The average Bonchev–Trinajstić information content (AvgIpc) is 2.45. The van der Waals surface area contributed by atoms with Crippen molar-refractivity contribution in [2.24, 2.45) is 0 Å². The van der Waals surface area contributed by atoms with Gasteiger partial charge in [0.25, 0.3) is 5.11 Å². The summed E-state index contributed by atoms with van der Waals surface area (Å²) in [7, 11) is 1.93. The minimum absolute atomic E-state index is 0.291. The van der Waals surface area contributed by atoms with Gasteiger partial charge in [-0.15, -0.1) is 0 Å². The standard InChI is InChI=1S/C10H16N2O2S/c1-4-6-12(3)8(7-11-10(12)15)9(13)14-5-2/h7H,4-6H2,1-3H3/p+1. The van der Waals surface area contributed by atoms with Gasteiger partial charge in [0.05, 0.1) is 26.4 Å². The summed E-state index contributed by atoms with van der Waals surface area (Å²) >= 11 is 5.20. The third kappa shape index (κ3) is 2.18. The van der Waals surface area contributed by atoms with Crippen molar-refractivity contribution in [3.63, 3.8) is 0 Å². The molecule has 84 valence electrons. The van der Waals surface area contributed by atoms with Crippen LogP contribution in [0.15, 0.2) is 11.9 Å². The lowest BCUT2D eigenvalue weighted by Gasteiger charge is -2.28. The smallest absolute Gasteiger partial charge is 0.394 e. The summed E-state index contributed by atoms with van der Waals surface area (Å²) in [4.78, 5) is 11.7. The lowest BCUT2D eigenvalue weighted by Crippen LogP contribution is -2.49. The Hall–Kier alpha value is -0.940. The van der Waals surface area contributed by atoms with Crippen LogP contribution >= 0.6 is 12.2 Å². The van der Waals surface area contributed by atoms with Crippen LogP contribution in [0.5, 0.6) is 0 Å². The highest BCUT2D eigenvalue weighted by Crippen LogP contribution is 2.22. The van der Waals surface area contributed by atoms with Gasteiger partial charge in [-0.25, -0.2) is 9.28 Å². The summed E-state index contributed by atoms with van der Waals surface area (Å²) in [6, 6.07) is 0. The molecule has 1 heterocycles. The SMILES string of the molecule is CCC[N+]1(C)C(=S)NC=C1C(=O)OCC. The fourth-order valence-electron chi connectivity index (χ4n) is 1.66. The van der Waals surface area contributed by atoms with Crippen molar-refractivity contribution in [1.29, 1.82) is 0 Å². The van der Waals surface area contributed by atoms with Gasteiger partial charge in [0.15, 0.2) is 0 Å². The Balaban J connectivity index is 2.88. The number of quaternary nitrogens is 1. The van der Waals surface area contributed by atoms with E-state index in [0.29, 0.717) is 21.9 Å². The van der Waals surface area contributed by atoms with E-state index in [-0.39, 0.29) is 5.97 Å². The molecule has 0 bridgehead atoms. The zero-order valence-electron chi connectivity index (χ0n) is 9.37. The summed E-state index contributed by atoms with van der Waals surface area (Å²) in [5.74, 6) is -0.291. The van der Waals surface area contributed by atoms with Crippen molar-refractivity contribution < 1.29 is 14.0 Å². The number of nitrogens with zero attached hydrogens (tertiary/aromatic N) is 1. The zero-order valence-corrected chi connectivity index (χ0v) is 10.2. The predicted molar refractivity (Wildman–Crippen MR) is 61.8 cm³/mol. The molecule has 1 rings (SSSR count). The van der Waals surface area contributed by atoms with Gasteiger partial charge in [-0.1, -0.05) is 6.92 Å². The van der Waals surface area contributed by atoms with Crippen molar-refractivity contribution in [2.45, 2.75) is 20.3 Å². The third-order valence-corrected chi connectivity index (χ3v) is 2.99. The van der Waals surface area contributed by atoms with Gasteiger partial charge in [0.1, 0.15) is 0 Å². The van der Waals surface area contributed by atoms with E-state index in [1.54, 1.807) is 13.1 Å². The molecule has 1 unspecified atom stereocenters. The Labute approximate surface area is 95.5 Å². The number of nitrogens with one attached hydrogen (secondary N) is 1. The van der Waals surface area contributed by atoms with Crippen LogP contribution in [0.1, 0.15) is 20.3 Å². The van der Waals surface area contributed by atoms with E-state index < -0.39 is 0 Å². The molecule has 1 N–H and O–H groups in total. The fourth-order valence-corrected chi connectivity index (χ4v) is 1.91. The molecule has 5 heteroatoms. The van der Waals surface area contributed by atoms with Gasteiger partial charge in [0.2, 0.25) is 5.70 Å². The van der Waals surface area contributed by atoms with Gasteiger partial charge < -0.3 is 10.1 Å². The third-order valence-electron chi connectivity index (χ3n) is 2.47. The van der Waals surface area contributed by atoms with Crippen LogP contribution in [-0.4, -0.2) is 35.8 Å². The van der Waals surface area contributed by atoms with Crippen LogP contribution in [0.4, 0.5) is 0 Å². The average molecular weight is 229 g/mol. The normalized spacial score (nSPS) is 24.7. The molecule has 0 saturated carbocycles. The second-order valence-corrected chi connectivity index (χ2v) is 4.00. The maximum Gasteiger partial charge on any atom is 0.394 e. The number of likely N-dealkylation sites (N-methyl/N-ethyl adjacent to an activating group) is 1. The Morgan fingerprint density at radius 3 is 2.80 bits per heavy atom. The highest BCUT2D eigenvalue weighted by molar-refractivity contribution is 7.80. The van der Waals surface area contributed by atoms with E-state index in [9.17, 15) is 4.79 Å². The molecule has 15 heavy (non-hydrogen) atoms. The molecule has 0 aromatic carbocycles. The van der Waals surface area contributed by atoms with E-state index in [2.05, 4.69) is 12.2 Å². The second kappa shape index (κ2) is 4.72. The minimum Gasteiger partial charge on any atom is -0.458 e. The second-order valence-electron chi connectivity index (χ2n) is 3.61. The van der Waals surface area contributed by atoms with Crippen LogP contribution in [0, 0.1) is 0 Å². The number of hydrogen-bond acceptors (Lipinski definition) is 3. The van der Waals surface area contributed by atoms with Gasteiger partial charge in [-0.3, -0.25) is 0 Å². The van der Waals surface area contributed by atoms with Crippen LogP contribution in [0.3, 0.4) is 0 Å². The Morgan fingerprint density at radius 1 is 1.60 bits per heavy atom. The summed E-state index contributed by atoms with van der Waals surface area (Å²) in [5.41, 5.74) is 0.587. The van der Waals surface area contributed by atoms with Crippen LogP contribution in [0.25, 0.3) is 0 Å². The number of hydrogen-bond donors (Lipinski definition) is 1. The summed E-state index contributed by atoms with van der Waals surface area (Å²) in [6.07, 6.45) is 2.60. The molecule has 0 amide bonds. The first kappa shape index (κ1) is 12.1. The van der Waals surface area contributed by atoms with Crippen molar-refractivity contribution in [1.82, 2.24) is 5.32 Å². The first-order valence-electron chi connectivity index (χ1n) is 5.10. The Kier molecular flexibility index (Phi) is 3.82. The summed E-state index contributed by atoms with van der Waals surface area (Å²) < 4.78 is 5.35. The number of rotatable bonds is 4. The number of carbonyl (C=O) groups is 1. The van der Waals surface area contributed by atoms with Gasteiger partial charge in [0, 0.05) is 12.2 Å². The van der Waals surface area contributed by atoms with Gasteiger partial charge in [-0.2, -0.15) is 0 Å². The van der Waals surface area contributed by atoms with Gasteiger partial charge >= 0.3 is 5.97 Å². The number of esters is 1. The van der Waals surface area contributed by atoms with Crippen molar-refractivity contribution in [3.8, 4) is 0 Å². The maximum atomic E-state index is 11.7. The summed E-state index contributed by atoms with van der Waals surface area (Å²) in [5, 5.41) is 3.58. The molecule has 0 aliphatic carbocycles. The molecule has 0 aromatic heterocycles. The molecule has 0 radical (unpaired) electrons. The van der Waals surface area contributed by atoms with E-state index in [0.717, 1.165) is 13.0 Å². The van der Waals surface area contributed by atoms with E-state index in [1.807, 2.05) is 7.05 Å². The molecule has 0 aromatic rings. The molecule has 0 fully saturated rings. The Bertz CT molecular complexity index is 315. The molecule has 1 aliphatic rings. The highest BCUT2D eigenvalue weighted by atomic mass is 32.1. The monoisotopic (exact) mass is 229 g/mol. The lowest BCUT2D eigenvalue weighted by molar-refractivity contribution is -0.771. The maximum absolute atomic E-state index is 11.7. The zero-order chi connectivity index (χ0) is 11.5. The van der Waals surface area contributed by atoms with Crippen LogP contribution in [-0.2, 0) is 9.53 Å². The number of ether oxygens (including phenoxy) is 1. The molecule has 1 atom stereocenters. The first-order chi connectivity index (χ1) is 7.06. The molecular weight excluding hydrogens is 212 g/mol. The van der Waals surface area contributed by atoms with E-state index >= 15 is 0 Å². The lowest BCUT2D eigenvalue weighted by atomic mass is 10.3. The molecule has 0 spiro atoms.